The topological polar surface area (TPSA) is 15.7 Å². The summed E-state index contributed by atoms with van der Waals surface area (Å²) in [6.45, 7) is 5.13. The molecule has 2 rings (SSSR count). The van der Waals surface area contributed by atoms with E-state index in [1.807, 2.05) is 0 Å². The maximum Gasteiger partial charge on any atom is 0.123 e. The number of hydrogen-bond acceptors (Lipinski definition) is 3. The van der Waals surface area contributed by atoms with Crippen LogP contribution in [0.2, 0.25) is 0 Å². The molecule has 4 heteroatoms. The van der Waals surface area contributed by atoms with Crippen LogP contribution in [-0.4, -0.2) is 56.7 Å². The van der Waals surface area contributed by atoms with E-state index in [2.05, 4.69) is 23.9 Å². The van der Waals surface area contributed by atoms with Crippen molar-refractivity contribution in [1.29, 1.82) is 0 Å². The number of benzene rings is 1. The normalized spacial score (nSPS) is 17.6. The van der Waals surface area contributed by atoms with E-state index in [0.717, 1.165) is 31.3 Å². The van der Waals surface area contributed by atoms with Crippen molar-refractivity contribution in [2.24, 2.45) is 5.92 Å². The zero-order valence-corrected chi connectivity index (χ0v) is 12.5. The molecule has 0 N–H and O–H groups in total. The van der Waals surface area contributed by atoms with Gasteiger partial charge >= 0.3 is 0 Å². The standard InChI is InChI=1S/C16H25FN2O/c1-18(2)13-14-7-9-19(10-8-14)11-12-20-16-5-3-15(17)4-6-16/h3-6,14H,7-13H2,1-2H3. The van der Waals surface area contributed by atoms with Crippen LogP contribution in [-0.2, 0) is 0 Å². The largest absolute Gasteiger partial charge is 0.492 e. The molecule has 0 atom stereocenters. The average Bonchev–Trinajstić information content (AvgIpc) is 2.42. The Balaban J connectivity index is 1.62. The minimum absolute atomic E-state index is 0.222. The van der Waals surface area contributed by atoms with E-state index in [-0.39, 0.29) is 5.82 Å². The molecule has 0 aliphatic carbocycles. The zero-order chi connectivity index (χ0) is 14.4. The van der Waals surface area contributed by atoms with Gasteiger partial charge in [0, 0.05) is 13.1 Å². The smallest absolute Gasteiger partial charge is 0.123 e. The third-order valence-corrected chi connectivity index (χ3v) is 3.82. The van der Waals surface area contributed by atoms with Gasteiger partial charge in [0.15, 0.2) is 0 Å². The van der Waals surface area contributed by atoms with Crippen LogP contribution >= 0.6 is 0 Å². The quantitative estimate of drug-likeness (QED) is 0.796. The van der Waals surface area contributed by atoms with E-state index in [1.165, 1.54) is 31.5 Å². The molecule has 0 unspecified atom stereocenters. The molecule has 0 aromatic heterocycles. The van der Waals surface area contributed by atoms with Crippen LogP contribution in [0.25, 0.3) is 0 Å². The summed E-state index contributed by atoms with van der Waals surface area (Å²) in [6.07, 6.45) is 2.55. The van der Waals surface area contributed by atoms with E-state index in [0.29, 0.717) is 6.61 Å². The monoisotopic (exact) mass is 280 g/mol. The van der Waals surface area contributed by atoms with Crippen molar-refractivity contribution in [1.82, 2.24) is 9.80 Å². The maximum atomic E-state index is 12.8. The van der Waals surface area contributed by atoms with E-state index < -0.39 is 0 Å². The molecule has 1 aliphatic rings. The third-order valence-electron chi connectivity index (χ3n) is 3.82. The lowest BCUT2D eigenvalue weighted by Crippen LogP contribution is -2.39. The van der Waals surface area contributed by atoms with Gasteiger partial charge in [-0.15, -0.1) is 0 Å². The molecule has 0 saturated carbocycles. The molecule has 0 amide bonds. The van der Waals surface area contributed by atoms with Crippen molar-refractivity contribution in [2.75, 3.05) is 46.9 Å². The van der Waals surface area contributed by atoms with Gasteiger partial charge in [0.25, 0.3) is 0 Å². The predicted octanol–water partition coefficient (Wildman–Crippen LogP) is 2.48. The average molecular weight is 280 g/mol. The van der Waals surface area contributed by atoms with Crippen molar-refractivity contribution in [3.05, 3.63) is 30.1 Å². The first-order valence-corrected chi connectivity index (χ1v) is 7.39. The molecule has 0 spiro atoms. The Morgan fingerprint density at radius 1 is 1.20 bits per heavy atom. The van der Waals surface area contributed by atoms with Crippen LogP contribution in [0.3, 0.4) is 0 Å². The van der Waals surface area contributed by atoms with Crippen molar-refractivity contribution in [3.63, 3.8) is 0 Å². The highest BCUT2D eigenvalue weighted by Crippen LogP contribution is 2.17. The maximum absolute atomic E-state index is 12.8. The molecule has 1 aliphatic heterocycles. The van der Waals surface area contributed by atoms with Crippen LogP contribution in [0.5, 0.6) is 5.75 Å². The minimum atomic E-state index is -0.222. The van der Waals surface area contributed by atoms with Gasteiger partial charge in [0.05, 0.1) is 0 Å². The number of piperidine rings is 1. The third kappa shape index (κ3) is 5.10. The highest BCUT2D eigenvalue weighted by molar-refractivity contribution is 5.21. The van der Waals surface area contributed by atoms with Gasteiger partial charge in [-0.05, 0) is 70.2 Å². The molecule has 3 nitrogen and oxygen atoms in total. The summed E-state index contributed by atoms with van der Waals surface area (Å²) in [5.74, 6) is 1.36. The second-order valence-corrected chi connectivity index (χ2v) is 5.85. The van der Waals surface area contributed by atoms with Crippen molar-refractivity contribution in [3.8, 4) is 5.75 Å². The van der Waals surface area contributed by atoms with Crippen LogP contribution in [0.1, 0.15) is 12.8 Å². The Kier molecular flexibility index (Phi) is 5.80. The molecule has 1 saturated heterocycles. The molecule has 1 aromatic carbocycles. The molecule has 1 aromatic rings. The van der Waals surface area contributed by atoms with Gasteiger partial charge < -0.3 is 9.64 Å². The van der Waals surface area contributed by atoms with E-state index in [1.54, 1.807) is 12.1 Å². The summed E-state index contributed by atoms with van der Waals surface area (Å²) in [7, 11) is 4.28. The lowest BCUT2D eigenvalue weighted by Gasteiger charge is -2.33. The lowest BCUT2D eigenvalue weighted by atomic mass is 9.96. The first-order valence-electron chi connectivity index (χ1n) is 7.39. The Bertz CT molecular complexity index is 386. The molecule has 20 heavy (non-hydrogen) atoms. The number of hydrogen-bond donors (Lipinski definition) is 0. The first kappa shape index (κ1) is 15.3. The molecule has 112 valence electrons. The Morgan fingerprint density at radius 3 is 2.45 bits per heavy atom. The summed E-state index contributed by atoms with van der Waals surface area (Å²) >= 11 is 0. The lowest BCUT2D eigenvalue weighted by molar-refractivity contribution is 0.141. The fourth-order valence-electron chi connectivity index (χ4n) is 2.73. The van der Waals surface area contributed by atoms with Crippen molar-refractivity contribution in [2.45, 2.75) is 12.8 Å². The van der Waals surface area contributed by atoms with Crippen molar-refractivity contribution >= 4 is 0 Å². The fraction of sp³-hybridized carbons (Fsp3) is 0.625. The molecular weight excluding hydrogens is 255 g/mol. The summed E-state index contributed by atoms with van der Waals surface area (Å²) in [4.78, 5) is 4.73. The summed E-state index contributed by atoms with van der Waals surface area (Å²) in [5, 5.41) is 0. The number of halogens is 1. The fourth-order valence-corrected chi connectivity index (χ4v) is 2.73. The Labute approximate surface area is 121 Å². The number of likely N-dealkylation sites (tertiary alicyclic amines) is 1. The second-order valence-electron chi connectivity index (χ2n) is 5.85. The van der Waals surface area contributed by atoms with Gasteiger partial charge in [-0.1, -0.05) is 0 Å². The van der Waals surface area contributed by atoms with Crippen LogP contribution in [0.15, 0.2) is 24.3 Å². The van der Waals surface area contributed by atoms with Gasteiger partial charge in [-0.2, -0.15) is 0 Å². The van der Waals surface area contributed by atoms with Gasteiger partial charge in [0.1, 0.15) is 18.2 Å². The molecule has 0 bridgehead atoms. The molecular formula is C16H25FN2O. The highest BCUT2D eigenvalue weighted by atomic mass is 19.1. The Morgan fingerprint density at radius 2 is 1.85 bits per heavy atom. The first-order chi connectivity index (χ1) is 9.63. The van der Waals surface area contributed by atoms with Gasteiger partial charge in [-0.3, -0.25) is 4.90 Å². The van der Waals surface area contributed by atoms with Gasteiger partial charge in [-0.25, -0.2) is 4.39 Å². The van der Waals surface area contributed by atoms with Crippen LogP contribution < -0.4 is 4.74 Å². The zero-order valence-electron chi connectivity index (χ0n) is 12.5. The second kappa shape index (κ2) is 7.60. The minimum Gasteiger partial charge on any atom is -0.492 e. The number of ether oxygens (including phenoxy) is 1. The van der Waals surface area contributed by atoms with Crippen molar-refractivity contribution < 1.29 is 9.13 Å². The number of nitrogens with zero attached hydrogens (tertiary/aromatic N) is 2. The SMILES string of the molecule is CN(C)CC1CCN(CCOc2ccc(F)cc2)CC1. The molecule has 1 heterocycles. The van der Waals surface area contributed by atoms with E-state index in [9.17, 15) is 4.39 Å². The highest BCUT2D eigenvalue weighted by Gasteiger charge is 2.19. The summed E-state index contributed by atoms with van der Waals surface area (Å²) in [6, 6.07) is 6.22. The van der Waals surface area contributed by atoms with Gasteiger partial charge in [0.2, 0.25) is 0 Å². The molecule has 0 radical (unpaired) electrons. The van der Waals surface area contributed by atoms with E-state index in [4.69, 9.17) is 4.74 Å². The number of rotatable bonds is 6. The Hall–Kier alpha value is -1.13. The molecule has 1 fully saturated rings. The van der Waals surface area contributed by atoms with E-state index >= 15 is 0 Å². The summed E-state index contributed by atoms with van der Waals surface area (Å²) < 4.78 is 18.4. The summed E-state index contributed by atoms with van der Waals surface area (Å²) in [5.41, 5.74) is 0. The van der Waals surface area contributed by atoms with Crippen LogP contribution in [0.4, 0.5) is 4.39 Å². The van der Waals surface area contributed by atoms with Crippen LogP contribution in [0, 0.1) is 11.7 Å². The predicted molar refractivity (Wildman–Crippen MR) is 79.6 cm³/mol.